The van der Waals surface area contributed by atoms with E-state index in [2.05, 4.69) is 30.1 Å². The average Bonchev–Trinajstić information content (AvgIpc) is 3.25. The largest absolute Gasteiger partial charge is 0.495 e. The second kappa shape index (κ2) is 9.99. The summed E-state index contributed by atoms with van der Waals surface area (Å²) in [4.78, 5) is 4.24. The van der Waals surface area contributed by atoms with E-state index in [9.17, 15) is 13.5 Å². The van der Waals surface area contributed by atoms with Gasteiger partial charge >= 0.3 is 0 Å². The lowest BCUT2D eigenvalue weighted by Gasteiger charge is -2.21. The molecule has 0 amide bonds. The van der Waals surface area contributed by atoms with Crippen LogP contribution in [0, 0.1) is 20.8 Å². The van der Waals surface area contributed by atoms with E-state index in [1.807, 2.05) is 32.0 Å². The number of hydrogen-bond acceptors (Lipinski definition) is 9. The molecule has 1 aromatic carbocycles. The number of aryl methyl sites for hydroxylation is 3. The smallest absolute Gasteiger partial charge is 0.243 e. The summed E-state index contributed by atoms with van der Waals surface area (Å²) in [7, 11) is -2.63. The average molecular weight is 510 g/mol. The first kappa shape index (κ1) is 25.2. The van der Waals surface area contributed by atoms with Gasteiger partial charge in [-0.2, -0.15) is 10.2 Å². The van der Waals surface area contributed by atoms with Crippen molar-refractivity contribution in [3.8, 4) is 22.8 Å². The summed E-state index contributed by atoms with van der Waals surface area (Å²) < 4.78 is 36.4. The Morgan fingerprint density at radius 1 is 1.03 bits per heavy atom. The van der Waals surface area contributed by atoms with Crippen molar-refractivity contribution in [1.82, 2.24) is 29.9 Å². The fraction of sp³-hybridized carbons (Fsp3) is 0.292. The third-order valence-corrected chi connectivity index (χ3v) is 7.43. The molecule has 2 atom stereocenters. The number of nitrogens with one attached hydrogen (secondary N) is 1. The van der Waals surface area contributed by atoms with Gasteiger partial charge < -0.3 is 9.84 Å². The van der Waals surface area contributed by atoms with Gasteiger partial charge in [0.1, 0.15) is 17.1 Å². The van der Waals surface area contributed by atoms with Gasteiger partial charge in [0.05, 0.1) is 24.2 Å². The number of aliphatic hydroxyl groups is 1. The number of methoxy groups -OCH3 is 1. The zero-order chi connectivity index (χ0) is 26.0. The molecule has 3 heterocycles. The Labute approximate surface area is 209 Å². The lowest BCUT2D eigenvalue weighted by atomic mass is 10.1. The van der Waals surface area contributed by atoms with Crippen LogP contribution in [0.3, 0.4) is 0 Å². The molecule has 4 rings (SSSR count). The standard InChI is InChI=1S/C24H27N7O4S/c1-14-11-18(13-25-12-14)23-28-29-24(31(23)21-15(2)7-6-8-20(21)35-5)30-36(33,34)17(4)22(32)19-10-9-16(3)26-27-19/h6-13,17,22,32H,1-5H3,(H,29,30)/t17-,22-/m0/s1. The summed E-state index contributed by atoms with van der Waals surface area (Å²) in [5, 5.41) is 25.7. The summed E-state index contributed by atoms with van der Waals surface area (Å²) in [5.74, 6) is 0.808. The van der Waals surface area contributed by atoms with Crippen molar-refractivity contribution in [2.75, 3.05) is 11.8 Å². The highest BCUT2D eigenvalue weighted by Crippen LogP contribution is 2.34. The molecular weight excluding hydrogens is 482 g/mol. The van der Waals surface area contributed by atoms with Crippen molar-refractivity contribution in [1.29, 1.82) is 0 Å². The Kier molecular flexibility index (Phi) is 7.00. The topological polar surface area (TPSA) is 145 Å². The third kappa shape index (κ3) is 4.90. The number of benzene rings is 1. The van der Waals surface area contributed by atoms with Crippen LogP contribution in [-0.4, -0.2) is 55.8 Å². The Balaban J connectivity index is 1.81. The van der Waals surface area contributed by atoms with Gasteiger partial charge in [-0.1, -0.05) is 12.1 Å². The maximum atomic E-state index is 13.4. The molecular formula is C24H27N7O4S. The summed E-state index contributed by atoms with van der Waals surface area (Å²) in [6.45, 7) is 6.90. The highest BCUT2D eigenvalue weighted by Gasteiger charge is 2.33. The molecule has 0 aliphatic heterocycles. The first-order valence-electron chi connectivity index (χ1n) is 11.1. The fourth-order valence-corrected chi connectivity index (χ4v) is 4.76. The molecule has 0 bridgehead atoms. The van der Waals surface area contributed by atoms with Crippen molar-refractivity contribution in [3.63, 3.8) is 0 Å². The molecule has 0 saturated carbocycles. The maximum Gasteiger partial charge on any atom is 0.243 e. The number of para-hydroxylation sites is 1. The number of rotatable bonds is 8. The Morgan fingerprint density at radius 3 is 2.47 bits per heavy atom. The van der Waals surface area contributed by atoms with Gasteiger partial charge in [-0.25, -0.2) is 8.42 Å². The summed E-state index contributed by atoms with van der Waals surface area (Å²) in [6, 6.07) is 10.5. The SMILES string of the molecule is COc1cccc(C)c1-n1c(NS(=O)(=O)[C@@H](C)[C@H](O)c2ccc(C)nn2)nnc1-c1cncc(C)c1. The Hall–Kier alpha value is -3.90. The third-order valence-electron chi connectivity index (χ3n) is 5.73. The normalized spacial score (nSPS) is 13.3. The monoisotopic (exact) mass is 509 g/mol. The summed E-state index contributed by atoms with van der Waals surface area (Å²) in [5.41, 5.74) is 3.71. The predicted molar refractivity (Wildman–Crippen MR) is 134 cm³/mol. The van der Waals surface area contributed by atoms with Crippen LogP contribution >= 0.6 is 0 Å². The van der Waals surface area contributed by atoms with Gasteiger partial charge in [0.15, 0.2) is 5.82 Å². The Morgan fingerprint density at radius 2 is 1.81 bits per heavy atom. The van der Waals surface area contributed by atoms with Crippen molar-refractivity contribution in [3.05, 3.63) is 71.3 Å². The maximum absolute atomic E-state index is 13.4. The van der Waals surface area contributed by atoms with Crippen molar-refractivity contribution in [2.24, 2.45) is 0 Å². The highest BCUT2D eigenvalue weighted by molar-refractivity contribution is 7.93. The van der Waals surface area contributed by atoms with Crippen LogP contribution in [0.4, 0.5) is 5.95 Å². The summed E-state index contributed by atoms with van der Waals surface area (Å²) >= 11 is 0. The van der Waals surface area contributed by atoms with Crippen molar-refractivity contribution < 1.29 is 18.3 Å². The van der Waals surface area contributed by atoms with Crippen LogP contribution in [-0.2, 0) is 10.0 Å². The zero-order valence-electron chi connectivity index (χ0n) is 20.5. The molecule has 0 aliphatic carbocycles. The number of pyridine rings is 1. The molecule has 0 radical (unpaired) electrons. The zero-order valence-corrected chi connectivity index (χ0v) is 21.4. The molecule has 2 N–H and O–H groups in total. The molecule has 4 aromatic rings. The van der Waals surface area contributed by atoms with E-state index in [0.29, 0.717) is 28.5 Å². The van der Waals surface area contributed by atoms with Gasteiger partial charge in [-0.05, 0) is 63.1 Å². The molecule has 3 aromatic heterocycles. The van der Waals surface area contributed by atoms with E-state index in [1.54, 1.807) is 42.1 Å². The summed E-state index contributed by atoms with van der Waals surface area (Å²) in [6.07, 6.45) is 1.92. The molecule has 0 fully saturated rings. The van der Waals surface area contributed by atoms with Gasteiger partial charge in [0.25, 0.3) is 0 Å². The second-order valence-electron chi connectivity index (χ2n) is 8.46. The quantitative estimate of drug-likeness (QED) is 0.366. The number of nitrogens with zero attached hydrogens (tertiary/aromatic N) is 6. The van der Waals surface area contributed by atoms with Gasteiger partial charge in [0, 0.05) is 18.0 Å². The van der Waals surface area contributed by atoms with E-state index < -0.39 is 21.4 Å². The van der Waals surface area contributed by atoms with Gasteiger partial charge in [0.2, 0.25) is 16.0 Å². The van der Waals surface area contributed by atoms with E-state index in [0.717, 1.165) is 11.1 Å². The molecule has 36 heavy (non-hydrogen) atoms. The van der Waals surface area contributed by atoms with Crippen LogP contribution in [0.5, 0.6) is 5.75 Å². The minimum Gasteiger partial charge on any atom is -0.495 e. The number of ether oxygens (including phenoxy) is 1. The van der Waals surface area contributed by atoms with Gasteiger partial charge in [-0.15, -0.1) is 10.2 Å². The minimum absolute atomic E-state index is 0.0619. The van der Waals surface area contributed by atoms with Crippen LogP contribution in [0.2, 0.25) is 0 Å². The van der Waals surface area contributed by atoms with Crippen LogP contribution < -0.4 is 9.46 Å². The first-order valence-corrected chi connectivity index (χ1v) is 12.7. The number of sulfonamides is 1. The molecule has 0 spiro atoms. The lowest BCUT2D eigenvalue weighted by molar-refractivity contribution is 0.170. The molecule has 0 saturated heterocycles. The second-order valence-corrected chi connectivity index (χ2v) is 10.5. The lowest BCUT2D eigenvalue weighted by Crippen LogP contribution is -2.32. The van der Waals surface area contributed by atoms with Crippen LogP contribution in [0.1, 0.15) is 35.5 Å². The van der Waals surface area contributed by atoms with Crippen LogP contribution in [0.25, 0.3) is 17.1 Å². The molecule has 0 unspecified atom stereocenters. The number of aliphatic hydroxyl groups excluding tert-OH is 1. The Bertz CT molecular complexity index is 1490. The predicted octanol–water partition coefficient (Wildman–Crippen LogP) is 2.92. The number of aromatic nitrogens is 6. The fourth-order valence-electron chi connectivity index (χ4n) is 3.71. The molecule has 11 nitrogen and oxygen atoms in total. The molecule has 188 valence electrons. The highest BCUT2D eigenvalue weighted by atomic mass is 32.2. The van der Waals surface area contributed by atoms with Crippen LogP contribution in [0.15, 0.2) is 48.8 Å². The van der Waals surface area contributed by atoms with Crippen molar-refractivity contribution in [2.45, 2.75) is 39.0 Å². The van der Waals surface area contributed by atoms with E-state index >= 15 is 0 Å². The first-order chi connectivity index (χ1) is 17.1. The minimum atomic E-state index is -4.16. The number of hydrogen-bond donors (Lipinski definition) is 2. The van der Waals surface area contributed by atoms with Crippen molar-refractivity contribution >= 4 is 16.0 Å². The number of anilines is 1. The van der Waals surface area contributed by atoms with E-state index in [1.165, 1.54) is 14.0 Å². The van der Waals surface area contributed by atoms with E-state index in [4.69, 9.17) is 4.74 Å². The van der Waals surface area contributed by atoms with Gasteiger partial charge in [-0.3, -0.25) is 14.3 Å². The molecule has 0 aliphatic rings. The van der Waals surface area contributed by atoms with E-state index in [-0.39, 0.29) is 11.6 Å². The molecule has 12 heteroatoms.